The molecule has 13 N–H and O–H groups in total. The lowest BCUT2D eigenvalue weighted by molar-refractivity contribution is -0.143. The third kappa shape index (κ3) is 17.9. The molecule has 0 unspecified atom stereocenters. The van der Waals surface area contributed by atoms with Crippen LogP contribution in [0.3, 0.4) is 0 Å². The molecule has 8 atom stereocenters. The lowest BCUT2D eigenvalue weighted by Crippen LogP contribution is -2.61. The number of rotatable bonds is 27. The predicted octanol–water partition coefficient (Wildman–Crippen LogP) is -0.276. The maximum atomic E-state index is 14.2. The van der Waals surface area contributed by atoms with Crippen LogP contribution in [0.1, 0.15) is 98.6 Å². The summed E-state index contributed by atoms with van der Waals surface area (Å²) < 4.78 is 0. The molecule has 0 aliphatic carbocycles. The molecule has 2 rings (SSSR count). The van der Waals surface area contributed by atoms with E-state index in [4.69, 9.17) is 17.2 Å². The van der Waals surface area contributed by atoms with Crippen molar-refractivity contribution in [3.63, 3.8) is 0 Å². The quantitative estimate of drug-likeness (QED) is 0.0310. The molecule has 6 amide bonds. The maximum absolute atomic E-state index is 14.2. The molecule has 2 heterocycles. The molecule has 1 aliphatic heterocycles. The van der Waals surface area contributed by atoms with Gasteiger partial charge in [0.2, 0.25) is 35.4 Å². The molecule has 21 heteroatoms. The van der Waals surface area contributed by atoms with E-state index >= 15 is 0 Å². The Kier molecular flexibility index (Phi) is 22.6. The van der Waals surface area contributed by atoms with Crippen molar-refractivity contribution in [1.82, 2.24) is 41.5 Å². The van der Waals surface area contributed by atoms with E-state index in [1.54, 1.807) is 6.92 Å². The topological polar surface area (TPSA) is 322 Å². The number of nitrogens with two attached hydrogens (primary N) is 3. The number of carboxylic acid groups (broad SMARTS) is 1. The van der Waals surface area contributed by atoms with Gasteiger partial charge in [-0.1, -0.05) is 48.0 Å². The summed E-state index contributed by atoms with van der Waals surface area (Å²) in [5, 5.41) is 23.4. The van der Waals surface area contributed by atoms with Crippen molar-refractivity contribution in [2.75, 3.05) is 25.1 Å². The minimum atomic E-state index is -1.26. The number of likely N-dealkylation sites (tertiary alicyclic amines) is 1. The van der Waals surface area contributed by atoms with Gasteiger partial charge in [-0.25, -0.2) is 9.78 Å². The minimum absolute atomic E-state index is 0.0444. The van der Waals surface area contributed by atoms with Crippen LogP contribution < -0.4 is 43.8 Å². The molecule has 1 aliphatic rings. The van der Waals surface area contributed by atoms with Crippen LogP contribution in [0.15, 0.2) is 17.5 Å². The molecule has 1 aromatic rings. The van der Waals surface area contributed by atoms with Gasteiger partial charge < -0.3 is 58.8 Å². The van der Waals surface area contributed by atoms with Crippen LogP contribution in [-0.4, -0.2) is 135 Å². The zero-order valence-electron chi connectivity index (χ0n) is 36.7. The third-order valence-corrected chi connectivity index (χ3v) is 11.1. The van der Waals surface area contributed by atoms with Crippen molar-refractivity contribution >= 4 is 59.1 Å². The standard InChI is InChI=1S/C40H70N12O8S/c1-8-24(6)32(37(57)48-27(11-9-14-45-40(42)43)33(53)50-30(39(59)60)18-23(4)5)51-35(55)29(19-25-20-44-21-46-25)49-34(54)28(13-16-61-7)47-36(56)31-12-10-15-52(31)38(58)26(41)17-22(2)3/h20-24,26-32H,8-19,41H2,1-7H3,(H,44,46)(H,47,56)(H,48,57)(H,49,54)(H,50,53)(H,51,55)(H,59,60)(H4,42,43,45)/t24-,26-,27-,28-,29-,30-,31-,32-/m0/s1. The molecule has 1 saturated heterocycles. The molecule has 61 heavy (non-hydrogen) atoms. The van der Waals surface area contributed by atoms with E-state index in [1.807, 2.05) is 40.9 Å². The van der Waals surface area contributed by atoms with Crippen molar-refractivity contribution in [1.29, 1.82) is 0 Å². The first-order valence-corrected chi connectivity index (χ1v) is 22.5. The Morgan fingerprint density at radius 2 is 1.49 bits per heavy atom. The molecule has 1 aromatic heterocycles. The number of nitrogens with one attached hydrogen (secondary N) is 6. The van der Waals surface area contributed by atoms with Gasteiger partial charge in [0.25, 0.3) is 0 Å². The summed E-state index contributed by atoms with van der Waals surface area (Å²) in [6.07, 6.45) is 7.27. The van der Waals surface area contributed by atoms with Gasteiger partial charge in [-0.05, 0) is 74.7 Å². The van der Waals surface area contributed by atoms with E-state index in [9.17, 15) is 38.7 Å². The second-order valence-corrected chi connectivity index (χ2v) is 17.5. The molecular weight excluding hydrogens is 809 g/mol. The van der Waals surface area contributed by atoms with Crippen molar-refractivity contribution in [2.24, 2.45) is 39.9 Å². The van der Waals surface area contributed by atoms with Gasteiger partial charge >= 0.3 is 5.97 Å². The number of aliphatic imine (C=N–C) groups is 1. The molecule has 1 fully saturated rings. The number of aromatic amines is 1. The van der Waals surface area contributed by atoms with E-state index < -0.39 is 83.7 Å². The number of carbonyl (C=O) groups excluding carboxylic acids is 6. The number of aliphatic carboxylic acids is 1. The molecule has 0 spiro atoms. The highest BCUT2D eigenvalue weighted by Crippen LogP contribution is 2.21. The van der Waals surface area contributed by atoms with Crippen LogP contribution in [0.25, 0.3) is 0 Å². The Bertz CT molecular complexity index is 1620. The number of hydrogen-bond acceptors (Lipinski definition) is 11. The number of guanidine groups is 1. The van der Waals surface area contributed by atoms with Crippen molar-refractivity contribution in [2.45, 2.75) is 142 Å². The zero-order chi connectivity index (χ0) is 45.8. The summed E-state index contributed by atoms with van der Waals surface area (Å²) in [6.45, 7) is 11.6. The number of carbonyl (C=O) groups is 7. The predicted molar refractivity (Wildman–Crippen MR) is 234 cm³/mol. The lowest BCUT2D eigenvalue weighted by Gasteiger charge is -2.30. The number of thioether (sulfide) groups is 1. The highest BCUT2D eigenvalue weighted by molar-refractivity contribution is 7.98. The number of H-pyrrole nitrogens is 1. The largest absolute Gasteiger partial charge is 0.480 e. The Morgan fingerprint density at radius 1 is 0.885 bits per heavy atom. The average molecular weight is 879 g/mol. The van der Waals surface area contributed by atoms with E-state index in [2.05, 4.69) is 41.5 Å². The van der Waals surface area contributed by atoms with Crippen molar-refractivity contribution < 1.29 is 38.7 Å². The smallest absolute Gasteiger partial charge is 0.326 e. The Balaban J connectivity index is 2.37. The SMILES string of the molecule is CC[C@H](C)[C@H](NC(=O)[C@H](Cc1cnc[nH]1)NC(=O)[C@H](CCSC)NC(=O)[C@@H]1CCCN1C(=O)[C@@H](N)CC(C)C)C(=O)N[C@@H](CCCN=C(N)N)C(=O)N[C@@H](CC(C)C)C(=O)O. The van der Waals surface area contributed by atoms with Crippen LogP contribution in [0.4, 0.5) is 0 Å². The number of aromatic nitrogens is 2. The Hall–Kier alpha value is -4.92. The molecule has 0 bridgehead atoms. The molecule has 0 aromatic carbocycles. The van der Waals surface area contributed by atoms with Gasteiger partial charge in [-0.3, -0.25) is 33.8 Å². The first kappa shape index (κ1) is 52.2. The van der Waals surface area contributed by atoms with Gasteiger partial charge in [0.15, 0.2) is 5.96 Å². The molecule has 0 radical (unpaired) electrons. The fourth-order valence-corrected chi connectivity index (χ4v) is 7.42. The second kappa shape index (κ2) is 26.4. The number of carboxylic acids is 1. The maximum Gasteiger partial charge on any atom is 0.326 e. The molecule has 20 nitrogen and oxygen atoms in total. The average Bonchev–Trinajstić information content (AvgIpc) is 3.90. The number of amides is 6. The lowest BCUT2D eigenvalue weighted by atomic mass is 9.96. The van der Waals surface area contributed by atoms with Gasteiger partial charge in [0.05, 0.1) is 12.4 Å². The van der Waals surface area contributed by atoms with Crippen LogP contribution in [0.5, 0.6) is 0 Å². The first-order chi connectivity index (χ1) is 28.8. The van der Waals surface area contributed by atoms with Crippen LogP contribution in [0.2, 0.25) is 0 Å². The number of imidazole rings is 1. The van der Waals surface area contributed by atoms with E-state index in [0.29, 0.717) is 43.7 Å². The number of hydrogen-bond donors (Lipinski definition) is 10. The Morgan fingerprint density at radius 3 is 2.05 bits per heavy atom. The van der Waals surface area contributed by atoms with E-state index in [-0.39, 0.29) is 62.4 Å². The first-order valence-electron chi connectivity index (χ1n) is 21.1. The van der Waals surface area contributed by atoms with Crippen LogP contribution in [-0.2, 0) is 40.0 Å². The van der Waals surface area contributed by atoms with Gasteiger partial charge in [-0.2, -0.15) is 11.8 Å². The fraction of sp³-hybridized carbons (Fsp3) is 0.725. The minimum Gasteiger partial charge on any atom is -0.480 e. The Labute approximate surface area is 363 Å². The highest BCUT2D eigenvalue weighted by Gasteiger charge is 2.39. The van der Waals surface area contributed by atoms with Crippen molar-refractivity contribution in [3.8, 4) is 0 Å². The second-order valence-electron chi connectivity index (χ2n) is 16.5. The monoisotopic (exact) mass is 879 g/mol. The molecule has 344 valence electrons. The van der Waals surface area contributed by atoms with Gasteiger partial charge in [-0.15, -0.1) is 0 Å². The normalized spacial score (nSPS) is 17.3. The van der Waals surface area contributed by atoms with E-state index in [1.165, 1.54) is 29.2 Å². The summed E-state index contributed by atoms with van der Waals surface area (Å²) in [6, 6.07) is -7.52. The summed E-state index contributed by atoms with van der Waals surface area (Å²) in [7, 11) is 0. The van der Waals surface area contributed by atoms with Crippen LogP contribution >= 0.6 is 11.8 Å². The summed E-state index contributed by atoms with van der Waals surface area (Å²) in [5.74, 6) is -4.86. The molecule has 0 saturated carbocycles. The van der Waals surface area contributed by atoms with Gasteiger partial charge in [0.1, 0.15) is 36.3 Å². The van der Waals surface area contributed by atoms with Gasteiger partial charge in [0, 0.05) is 31.4 Å². The fourth-order valence-electron chi connectivity index (χ4n) is 6.95. The van der Waals surface area contributed by atoms with Crippen LogP contribution in [0, 0.1) is 17.8 Å². The summed E-state index contributed by atoms with van der Waals surface area (Å²) in [5.41, 5.74) is 17.6. The third-order valence-electron chi connectivity index (χ3n) is 10.4. The summed E-state index contributed by atoms with van der Waals surface area (Å²) >= 11 is 1.46. The van der Waals surface area contributed by atoms with E-state index in [0.717, 1.165) is 0 Å². The zero-order valence-corrected chi connectivity index (χ0v) is 37.5. The van der Waals surface area contributed by atoms with Crippen molar-refractivity contribution in [3.05, 3.63) is 18.2 Å². The highest BCUT2D eigenvalue weighted by atomic mass is 32.2. The summed E-state index contributed by atoms with van der Waals surface area (Å²) in [4.78, 5) is 107. The molecular formula is C40H70N12O8S. The number of nitrogens with zero attached hydrogens (tertiary/aromatic N) is 3.